The van der Waals surface area contributed by atoms with Crippen molar-refractivity contribution in [3.63, 3.8) is 0 Å². The molecule has 0 spiro atoms. The molecule has 0 saturated heterocycles. The van der Waals surface area contributed by atoms with Crippen LogP contribution < -0.4 is 0 Å². The Kier molecular flexibility index (Phi) is 4.58. The van der Waals surface area contributed by atoms with Gasteiger partial charge in [-0.25, -0.2) is 0 Å². The molecule has 22 heavy (non-hydrogen) atoms. The Morgan fingerprint density at radius 2 is 1.23 bits per heavy atom. The van der Waals surface area contributed by atoms with Crippen molar-refractivity contribution in [1.82, 2.24) is 0 Å². The first-order chi connectivity index (χ1) is 10.2. The van der Waals surface area contributed by atoms with Gasteiger partial charge in [0.1, 0.15) is 17.7 Å². The molecule has 0 aromatic heterocycles. The zero-order valence-corrected chi connectivity index (χ0v) is 15.8. The lowest BCUT2D eigenvalue weighted by Gasteiger charge is -2.38. The molecular formula is C18H22N2S2. The lowest BCUT2D eigenvalue weighted by Crippen LogP contribution is -2.36. The number of nitriles is 2. The van der Waals surface area contributed by atoms with E-state index in [4.69, 9.17) is 0 Å². The van der Waals surface area contributed by atoms with E-state index in [1.165, 1.54) is 21.0 Å². The number of thioether (sulfide) groups is 2. The fourth-order valence-electron chi connectivity index (χ4n) is 3.69. The van der Waals surface area contributed by atoms with Gasteiger partial charge in [-0.15, -0.1) is 23.5 Å². The largest absolute Gasteiger partial charge is 0.192 e. The van der Waals surface area contributed by atoms with E-state index in [-0.39, 0.29) is 9.49 Å². The predicted octanol–water partition coefficient (Wildman–Crippen LogP) is 5.71. The first-order valence-corrected chi connectivity index (χ1v) is 9.06. The van der Waals surface area contributed by atoms with Crippen LogP contribution in [0.25, 0.3) is 0 Å². The predicted molar refractivity (Wildman–Crippen MR) is 96.2 cm³/mol. The Labute approximate surface area is 142 Å². The van der Waals surface area contributed by atoms with Crippen LogP contribution in [0.3, 0.4) is 0 Å². The summed E-state index contributed by atoms with van der Waals surface area (Å²) < 4.78 is -0.386. The molecular weight excluding hydrogens is 308 g/mol. The highest BCUT2D eigenvalue weighted by atomic mass is 32.2. The fourth-order valence-corrected chi connectivity index (χ4v) is 7.03. The molecule has 0 radical (unpaired) electrons. The molecule has 2 aliphatic rings. The number of allylic oxidation sites excluding steroid dienone is 5. The van der Waals surface area contributed by atoms with Crippen LogP contribution in [0.2, 0.25) is 0 Å². The molecule has 4 heteroatoms. The molecule has 2 aliphatic heterocycles. The van der Waals surface area contributed by atoms with Gasteiger partial charge in [0.15, 0.2) is 0 Å². The van der Waals surface area contributed by atoms with Crippen LogP contribution in [0.4, 0.5) is 0 Å². The van der Waals surface area contributed by atoms with Gasteiger partial charge in [-0.2, -0.15) is 10.5 Å². The van der Waals surface area contributed by atoms with E-state index in [2.05, 4.69) is 53.7 Å². The van der Waals surface area contributed by atoms with Gasteiger partial charge >= 0.3 is 0 Å². The van der Waals surface area contributed by atoms with Crippen LogP contribution in [-0.2, 0) is 0 Å². The van der Waals surface area contributed by atoms with E-state index in [1.54, 1.807) is 0 Å². The van der Waals surface area contributed by atoms with Crippen molar-refractivity contribution < 1.29 is 0 Å². The van der Waals surface area contributed by atoms with Gasteiger partial charge in [-0.05, 0) is 69.8 Å². The minimum atomic E-state index is -0.193. The van der Waals surface area contributed by atoms with Gasteiger partial charge in [-0.1, -0.05) is 11.1 Å². The Bertz CT molecular complexity index is 610. The highest BCUT2D eigenvalue weighted by Gasteiger charge is 2.48. The van der Waals surface area contributed by atoms with Gasteiger partial charge in [-0.3, -0.25) is 0 Å². The van der Waals surface area contributed by atoms with Gasteiger partial charge in [0, 0.05) is 9.49 Å². The van der Waals surface area contributed by atoms with Crippen molar-refractivity contribution in [3.05, 3.63) is 32.1 Å². The summed E-state index contributed by atoms with van der Waals surface area (Å²) in [7, 11) is 0. The highest BCUT2D eigenvalue weighted by molar-refractivity contribution is 8.06. The molecule has 0 bridgehead atoms. The smallest absolute Gasteiger partial charge is 0.131 e. The average Bonchev–Trinajstić information content (AvgIpc) is 2.83. The van der Waals surface area contributed by atoms with Crippen LogP contribution in [0.1, 0.15) is 54.4 Å². The standard InChI is InChI=1S/C18H22N2S2/c1-11-7-17(5,21-13(11)3)16(15(9-19)10-20)18(6)8-12(2)14(4)22-18/h7-8H2,1-6H3. The molecule has 2 unspecified atom stereocenters. The van der Waals surface area contributed by atoms with Crippen molar-refractivity contribution in [2.45, 2.75) is 63.9 Å². The van der Waals surface area contributed by atoms with Crippen LogP contribution in [0, 0.1) is 22.7 Å². The summed E-state index contributed by atoms with van der Waals surface area (Å²) in [4.78, 5) is 2.64. The molecule has 0 saturated carbocycles. The minimum absolute atomic E-state index is 0.193. The summed E-state index contributed by atoms with van der Waals surface area (Å²) in [6.45, 7) is 13.0. The van der Waals surface area contributed by atoms with Crippen molar-refractivity contribution in [3.8, 4) is 12.1 Å². The van der Waals surface area contributed by atoms with Crippen molar-refractivity contribution >= 4 is 23.5 Å². The monoisotopic (exact) mass is 330 g/mol. The van der Waals surface area contributed by atoms with E-state index < -0.39 is 0 Å². The Morgan fingerprint density at radius 3 is 1.45 bits per heavy atom. The number of nitrogens with zero attached hydrogens (tertiary/aromatic N) is 2. The molecule has 0 aliphatic carbocycles. The first kappa shape index (κ1) is 17.3. The number of hydrogen-bond donors (Lipinski definition) is 0. The molecule has 0 fully saturated rings. The third-order valence-corrected chi connectivity index (χ3v) is 7.60. The maximum Gasteiger partial charge on any atom is 0.131 e. The Hall–Kier alpha value is -1.10. The normalized spacial score (nSPS) is 31.3. The topological polar surface area (TPSA) is 47.6 Å². The lowest BCUT2D eigenvalue weighted by molar-refractivity contribution is 0.621. The van der Waals surface area contributed by atoms with E-state index >= 15 is 0 Å². The molecule has 2 nitrogen and oxygen atoms in total. The second-order valence-corrected chi connectivity index (χ2v) is 10.1. The highest BCUT2D eigenvalue weighted by Crippen LogP contribution is 2.60. The summed E-state index contributed by atoms with van der Waals surface area (Å²) in [5, 5.41) is 19.1. The third-order valence-electron chi connectivity index (χ3n) is 4.70. The van der Waals surface area contributed by atoms with Crippen molar-refractivity contribution in [2.75, 3.05) is 0 Å². The van der Waals surface area contributed by atoms with Gasteiger partial charge in [0.25, 0.3) is 0 Å². The molecule has 0 aromatic rings. The number of rotatable bonds is 2. The average molecular weight is 331 g/mol. The Morgan fingerprint density at radius 1 is 0.864 bits per heavy atom. The molecule has 0 aromatic carbocycles. The molecule has 2 rings (SSSR count). The molecule has 0 N–H and O–H groups in total. The zero-order valence-electron chi connectivity index (χ0n) is 14.1. The van der Waals surface area contributed by atoms with Gasteiger partial charge in [0.2, 0.25) is 0 Å². The van der Waals surface area contributed by atoms with Gasteiger partial charge in [0.05, 0.1) is 0 Å². The van der Waals surface area contributed by atoms with E-state index in [0.717, 1.165) is 18.4 Å². The fraction of sp³-hybridized carbons (Fsp3) is 0.556. The SMILES string of the molecule is CC1=C(C)SC(C)(C(=C(C#N)C#N)C2(C)CC(C)=C(C)S2)C1. The minimum Gasteiger partial charge on any atom is -0.192 e. The second-order valence-electron chi connectivity index (χ2n) is 6.67. The summed E-state index contributed by atoms with van der Waals surface area (Å²) in [5.41, 5.74) is 4.06. The maximum atomic E-state index is 9.53. The number of hydrogen-bond acceptors (Lipinski definition) is 4. The third kappa shape index (κ3) is 2.75. The summed E-state index contributed by atoms with van der Waals surface area (Å²) in [6, 6.07) is 4.34. The van der Waals surface area contributed by atoms with Crippen LogP contribution >= 0.6 is 23.5 Å². The summed E-state index contributed by atoms with van der Waals surface area (Å²) in [6.07, 6.45) is 1.83. The molecule has 0 amide bonds. The Balaban J connectivity index is 2.57. The molecule has 116 valence electrons. The van der Waals surface area contributed by atoms with Crippen LogP contribution in [0.5, 0.6) is 0 Å². The first-order valence-electron chi connectivity index (χ1n) is 7.43. The van der Waals surface area contributed by atoms with E-state index in [1.807, 2.05) is 23.5 Å². The molecule has 2 atom stereocenters. The zero-order chi connectivity index (χ0) is 16.7. The van der Waals surface area contributed by atoms with E-state index in [0.29, 0.717) is 5.57 Å². The quantitative estimate of drug-likeness (QED) is 0.608. The van der Waals surface area contributed by atoms with Crippen molar-refractivity contribution in [2.24, 2.45) is 0 Å². The second kappa shape index (κ2) is 5.84. The van der Waals surface area contributed by atoms with E-state index in [9.17, 15) is 10.5 Å². The van der Waals surface area contributed by atoms with Crippen LogP contribution in [0.15, 0.2) is 32.1 Å². The lowest BCUT2D eigenvalue weighted by atomic mass is 9.79. The molecule has 2 heterocycles. The summed E-state index contributed by atoms with van der Waals surface area (Å²) in [5.74, 6) is 0. The van der Waals surface area contributed by atoms with Gasteiger partial charge < -0.3 is 0 Å². The van der Waals surface area contributed by atoms with Crippen LogP contribution in [-0.4, -0.2) is 9.49 Å². The summed E-state index contributed by atoms with van der Waals surface area (Å²) >= 11 is 3.64. The maximum absolute atomic E-state index is 9.53. The van der Waals surface area contributed by atoms with Crippen molar-refractivity contribution in [1.29, 1.82) is 10.5 Å².